The van der Waals surface area contributed by atoms with Crippen molar-refractivity contribution in [3.8, 4) is 5.75 Å². The van der Waals surface area contributed by atoms with Crippen LogP contribution in [0.4, 0.5) is 5.69 Å². The normalized spacial score (nSPS) is 12.7. The predicted molar refractivity (Wildman–Crippen MR) is 158 cm³/mol. The third-order valence-electron chi connectivity index (χ3n) is 6.46. The standard InChI is InChI=1S/C30H36ClN3O5S/c1-5-22(3)32-30(36)23(4)33(20-24-11-10-12-25(31)19-24)29(35)21-34(26-13-8-7-9-14-26)40(37,38)28-17-15-27(16-18-28)39-6-2/h7-19,22-23H,5-6,20-21H2,1-4H3,(H,32,36)/t22-,23-/m0/s1. The van der Waals surface area contributed by atoms with Gasteiger partial charge in [-0.15, -0.1) is 0 Å². The molecule has 40 heavy (non-hydrogen) atoms. The smallest absolute Gasteiger partial charge is 0.264 e. The first-order chi connectivity index (χ1) is 19.1. The molecule has 1 N–H and O–H groups in total. The second kappa shape index (κ2) is 14.2. The number of carbonyl (C=O) groups excluding carboxylic acids is 2. The van der Waals surface area contributed by atoms with Gasteiger partial charge in [-0.05, 0) is 81.3 Å². The van der Waals surface area contributed by atoms with Crippen molar-refractivity contribution in [1.29, 1.82) is 0 Å². The molecule has 0 aliphatic carbocycles. The van der Waals surface area contributed by atoms with E-state index in [1.807, 2.05) is 20.8 Å². The van der Waals surface area contributed by atoms with Gasteiger partial charge in [-0.1, -0.05) is 48.9 Å². The summed E-state index contributed by atoms with van der Waals surface area (Å²) in [6.07, 6.45) is 0.725. The van der Waals surface area contributed by atoms with Gasteiger partial charge in [0.05, 0.1) is 17.2 Å². The van der Waals surface area contributed by atoms with Crippen molar-refractivity contribution in [3.63, 3.8) is 0 Å². The minimum Gasteiger partial charge on any atom is -0.494 e. The van der Waals surface area contributed by atoms with Crippen LogP contribution in [-0.2, 0) is 26.2 Å². The van der Waals surface area contributed by atoms with E-state index in [9.17, 15) is 18.0 Å². The number of carbonyl (C=O) groups is 2. The zero-order chi connectivity index (χ0) is 29.3. The zero-order valence-corrected chi connectivity index (χ0v) is 24.8. The molecule has 0 fully saturated rings. The number of nitrogens with zero attached hydrogens (tertiary/aromatic N) is 2. The molecule has 0 saturated carbocycles. The van der Waals surface area contributed by atoms with Crippen LogP contribution in [0.5, 0.6) is 5.75 Å². The summed E-state index contributed by atoms with van der Waals surface area (Å²) < 4.78 is 34.2. The highest BCUT2D eigenvalue weighted by Crippen LogP contribution is 2.26. The number of nitrogens with one attached hydrogen (secondary N) is 1. The SMILES string of the molecule is CCOc1ccc(S(=O)(=O)N(CC(=O)N(Cc2cccc(Cl)c2)[C@@H](C)C(=O)N[C@@H](C)CC)c2ccccc2)cc1. The largest absolute Gasteiger partial charge is 0.494 e. The lowest BCUT2D eigenvalue weighted by Gasteiger charge is -2.32. The quantitative estimate of drug-likeness (QED) is 0.295. The maximum atomic E-state index is 13.9. The van der Waals surface area contributed by atoms with E-state index >= 15 is 0 Å². The van der Waals surface area contributed by atoms with Gasteiger partial charge in [0, 0.05) is 17.6 Å². The lowest BCUT2D eigenvalue weighted by atomic mass is 10.1. The molecular formula is C30H36ClN3O5S. The van der Waals surface area contributed by atoms with Crippen molar-refractivity contribution in [2.45, 2.75) is 57.6 Å². The van der Waals surface area contributed by atoms with Crippen LogP contribution in [-0.4, -0.2) is 50.4 Å². The number of ether oxygens (including phenoxy) is 1. The Morgan fingerprint density at radius 3 is 2.23 bits per heavy atom. The Morgan fingerprint density at radius 1 is 0.950 bits per heavy atom. The first-order valence-electron chi connectivity index (χ1n) is 13.2. The Hall–Kier alpha value is -3.56. The maximum Gasteiger partial charge on any atom is 0.264 e. The van der Waals surface area contributed by atoms with E-state index in [4.69, 9.17) is 16.3 Å². The van der Waals surface area contributed by atoms with Crippen molar-refractivity contribution >= 4 is 39.1 Å². The molecule has 0 unspecified atom stereocenters. The minimum atomic E-state index is -4.15. The number of rotatable bonds is 13. The molecule has 2 atom stereocenters. The molecule has 0 radical (unpaired) electrons. The first-order valence-corrected chi connectivity index (χ1v) is 15.0. The van der Waals surface area contributed by atoms with Crippen molar-refractivity contribution in [2.24, 2.45) is 0 Å². The van der Waals surface area contributed by atoms with E-state index in [1.165, 1.54) is 17.0 Å². The molecule has 10 heteroatoms. The van der Waals surface area contributed by atoms with Gasteiger partial charge in [-0.2, -0.15) is 0 Å². The molecule has 0 spiro atoms. The number of sulfonamides is 1. The van der Waals surface area contributed by atoms with Gasteiger partial charge in [0.1, 0.15) is 18.3 Å². The summed E-state index contributed by atoms with van der Waals surface area (Å²) >= 11 is 6.18. The van der Waals surface area contributed by atoms with Gasteiger partial charge in [0.15, 0.2) is 0 Å². The molecule has 2 amide bonds. The lowest BCUT2D eigenvalue weighted by Crippen LogP contribution is -2.52. The number of hydrogen-bond donors (Lipinski definition) is 1. The average molecular weight is 586 g/mol. The number of halogens is 1. The number of amides is 2. The molecule has 0 aliphatic rings. The third-order valence-corrected chi connectivity index (χ3v) is 8.48. The highest BCUT2D eigenvalue weighted by Gasteiger charge is 2.32. The van der Waals surface area contributed by atoms with E-state index < -0.39 is 28.5 Å². The van der Waals surface area contributed by atoms with Gasteiger partial charge >= 0.3 is 0 Å². The lowest BCUT2D eigenvalue weighted by molar-refractivity contribution is -0.139. The van der Waals surface area contributed by atoms with E-state index in [1.54, 1.807) is 73.7 Å². The Kier molecular flexibility index (Phi) is 11.0. The summed E-state index contributed by atoms with van der Waals surface area (Å²) in [5.74, 6) is -0.326. The molecule has 3 rings (SSSR count). The second-order valence-corrected chi connectivity index (χ2v) is 11.7. The summed E-state index contributed by atoms with van der Waals surface area (Å²) in [5, 5.41) is 3.41. The van der Waals surface area contributed by atoms with E-state index in [2.05, 4.69) is 5.32 Å². The molecule has 8 nitrogen and oxygen atoms in total. The molecule has 3 aromatic carbocycles. The predicted octanol–water partition coefficient (Wildman–Crippen LogP) is 5.27. The van der Waals surface area contributed by atoms with E-state index in [-0.39, 0.29) is 23.4 Å². The van der Waals surface area contributed by atoms with Crippen LogP contribution in [0.15, 0.2) is 83.8 Å². The highest BCUT2D eigenvalue weighted by atomic mass is 35.5. The van der Waals surface area contributed by atoms with Crippen LogP contribution in [0, 0.1) is 0 Å². The van der Waals surface area contributed by atoms with Crippen molar-refractivity contribution in [2.75, 3.05) is 17.5 Å². The van der Waals surface area contributed by atoms with Crippen molar-refractivity contribution in [1.82, 2.24) is 10.2 Å². The summed E-state index contributed by atoms with van der Waals surface area (Å²) in [4.78, 5) is 28.4. The number of benzene rings is 3. The Balaban J connectivity index is 1.99. The van der Waals surface area contributed by atoms with Crippen LogP contribution in [0.2, 0.25) is 5.02 Å². The first kappa shape index (κ1) is 31.0. The fraction of sp³-hybridized carbons (Fsp3) is 0.333. The molecular weight excluding hydrogens is 550 g/mol. The fourth-order valence-corrected chi connectivity index (χ4v) is 5.63. The van der Waals surface area contributed by atoms with Crippen LogP contribution < -0.4 is 14.4 Å². The summed E-state index contributed by atoms with van der Waals surface area (Å²) in [5.41, 5.74) is 1.04. The molecule has 0 saturated heterocycles. The van der Waals surface area contributed by atoms with Crippen molar-refractivity contribution in [3.05, 3.63) is 89.4 Å². The van der Waals surface area contributed by atoms with Gasteiger partial charge in [-0.25, -0.2) is 8.42 Å². The average Bonchev–Trinajstić information content (AvgIpc) is 2.95. The third kappa shape index (κ3) is 7.99. The fourth-order valence-electron chi connectivity index (χ4n) is 4.00. The topological polar surface area (TPSA) is 96.0 Å². The molecule has 214 valence electrons. The Bertz CT molecular complexity index is 1380. The van der Waals surface area contributed by atoms with E-state index in [0.717, 1.165) is 10.7 Å². The minimum absolute atomic E-state index is 0.0107. The van der Waals surface area contributed by atoms with Gasteiger partial charge < -0.3 is 15.0 Å². The van der Waals surface area contributed by atoms with Crippen molar-refractivity contribution < 1.29 is 22.7 Å². The van der Waals surface area contributed by atoms with Gasteiger partial charge in [0.25, 0.3) is 10.0 Å². The summed E-state index contributed by atoms with van der Waals surface area (Å²) in [7, 11) is -4.15. The van der Waals surface area contributed by atoms with Gasteiger partial charge in [0.2, 0.25) is 11.8 Å². The van der Waals surface area contributed by atoms with Crippen LogP contribution in [0.25, 0.3) is 0 Å². The summed E-state index contributed by atoms with van der Waals surface area (Å²) in [6, 6.07) is 20.5. The van der Waals surface area contributed by atoms with Crippen LogP contribution in [0.3, 0.4) is 0 Å². The number of anilines is 1. The van der Waals surface area contributed by atoms with Crippen LogP contribution in [0.1, 0.15) is 39.7 Å². The Morgan fingerprint density at radius 2 is 1.62 bits per heavy atom. The second-order valence-electron chi connectivity index (χ2n) is 9.40. The monoisotopic (exact) mass is 585 g/mol. The summed E-state index contributed by atoms with van der Waals surface area (Å²) in [6.45, 7) is 7.31. The molecule has 0 aromatic heterocycles. The van der Waals surface area contributed by atoms with Crippen LogP contribution >= 0.6 is 11.6 Å². The number of para-hydroxylation sites is 1. The highest BCUT2D eigenvalue weighted by molar-refractivity contribution is 7.92. The van der Waals surface area contributed by atoms with E-state index in [0.29, 0.717) is 28.6 Å². The molecule has 0 heterocycles. The van der Waals surface area contributed by atoms with Gasteiger partial charge in [-0.3, -0.25) is 13.9 Å². The zero-order valence-electron chi connectivity index (χ0n) is 23.2. The molecule has 0 bridgehead atoms. The number of hydrogen-bond acceptors (Lipinski definition) is 5. The Labute approximate surface area is 241 Å². The maximum absolute atomic E-state index is 13.9. The molecule has 0 aliphatic heterocycles. The molecule has 3 aromatic rings.